The number of halogens is 1. The van der Waals surface area contributed by atoms with Crippen LogP contribution >= 0.6 is 0 Å². The molecule has 5 nitrogen and oxygen atoms in total. The van der Waals surface area contributed by atoms with Crippen LogP contribution in [-0.4, -0.2) is 35.5 Å². The molecule has 0 bridgehead atoms. The number of likely N-dealkylation sites (tertiary alicyclic amines) is 1. The van der Waals surface area contributed by atoms with E-state index in [1.165, 1.54) is 12.1 Å². The number of fused-ring (bicyclic) bond motifs is 3. The van der Waals surface area contributed by atoms with Crippen molar-refractivity contribution in [3.05, 3.63) is 53.5 Å². The zero-order valence-corrected chi connectivity index (χ0v) is 16.5. The van der Waals surface area contributed by atoms with Crippen molar-refractivity contribution < 1.29 is 18.7 Å². The lowest BCUT2D eigenvalue weighted by Gasteiger charge is -2.37. The van der Waals surface area contributed by atoms with Crippen LogP contribution in [-0.2, 0) is 4.79 Å². The maximum absolute atomic E-state index is 14.0. The number of nitrogens with zero attached hydrogens (tertiary/aromatic N) is 2. The highest BCUT2D eigenvalue weighted by Gasteiger charge is 2.50. The summed E-state index contributed by atoms with van der Waals surface area (Å²) < 4.78 is 26.0. The predicted molar refractivity (Wildman–Crippen MR) is 105 cm³/mol. The van der Waals surface area contributed by atoms with Crippen molar-refractivity contribution >= 4 is 5.91 Å². The van der Waals surface area contributed by atoms with Gasteiger partial charge in [-0.25, -0.2) is 9.37 Å². The van der Waals surface area contributed by atoms with Gasteiger partial charge in [-0.1, -0.05) is 12.5 Å². The summed E-state index contributed by atoms with van der Waals surface area (Å²) in [5, 5.41) is 0. The van der Waals surface area contributed by atoms with Crippen molar-refractivity contribution in [3.63, 3.8) is 0 Å². The van der Waals surface area contributed by atoms with Gasteiger partial charge < -0.3 is 14.4 Å². The van der Waals surface area contributed by atoms with E-state index in [9.17, 15) is 9.18 Å². The third kappa shape index (κ3) is 3.34. The SMILES string of the molecule is Cc1cccc(OC[C@@H]2CN(C(=O)C3CCC3)[C@H]3c4cc(F)ccc4OC[C@@H]23)n1. The molecule has 1 saturated heterocycles. The molecule has 152 valence electrons. The zero-order chi connectivity index (χ0) is 20.0. The van der Waals surface area contributed by atoms with Crippen molar-refractivity contribution in [3.8, 4) is 11.6 Å². The van der Waals surface area contributed by atoms with Crippen LogP contribution in [0.5, 0.6) is 11.6 Å². The Hall–Kier alpha value is -2.63. The highest BCUT2D eigenvalue weighted by molar-refractivity contribution is 5.80. The number of carbonyl (C=O) groups is 1. The van der Waals surface area contributed by atoms with E-state index in [1.54, 1.807) is 6.07 Å². The summed E-state index contributed by atoms with van der Waals surface area (Å²) in [6.45, 7) is 3.50. The molecule has 2 fully saturated rings. The fourth-order valence-corrected chi connectivity index (χ4v) is 4.77. The maximum atomic E-state index is 14.0. The highest BCUT2D eigenvalue weighted by atomic mass is 19.1. The van der Waals surface area contributed by atoms with Gasteiger partial charge in [-0.15, -0.1) is 0 Å². The monoisotopic (exact) mass is 396 g/mol. The fraction of sp³-hybridized carbons (Fsp3) is 0.478. The number of amides is 1. The Morgan fingerprint density at radius 1 is 1.31 bits per heavy atom. The number of aromatic nitrogens is 1. The molecule has 3 atom stereocenters. The van der Waals surface area contributed by atoms with Crippen molar-refractivity contribution in [2.45, 2.75) is 32.2 Å². The Morgan fingerprint density at radius 2 is 2.17 bits per heavy atom. The van der Waals surface area contributed by atoms with Crippen LogP contribution in [0.3, 0.4) is 0 Å². The normalized spacial score (nSPS) is 25.6. The van der Waals surface area contributed by atoms with Crippen LogP contribution in [0.15, 0.2) is 36.4 Å². The Kier molecular flexibility index (Phi) is 4.64. The Bertz CT molecular complexity index is 930. The first-order valence-corrected chi connectivity index (χ1v) is 10.4. The fourth-order valence-electron chi connectivity index (χ4n) is 4.77. The molecule has 1 saturated carbocycles. The van der Waals surface area contributed by atoms with Gasteiger partial charge in [-0.2, -0.15) is 0 Å². The lowest BCUT2D eigenvalue weighted by Crippen LogP contribution is -2.40. The molecule has 0 N–H and O–H groups in total. The molecule has 2 aromatic rings. The standard InChI is InChI=1S/C23H25FN2O3/c1-14-4-2-7-21(25-14)29-12-16-11-26(23(27)15-5-3-6-15)22-18-10-17(24)8-9-20(18)28-13-19(16)22/h2,4,7-10,15-16,19,22H,3,5-6,11-13H2,1H3/t16-,19-,22-/m0/s1. The number of aryl methyl sites for hydroxylation is 1. The molecule has 3 aliphatic rings. The Balaban J connectivity index is 1.42. The van der Waals surface area contributed by atoms with Crippen molar-refractivity contribution in [1.29, 1.82) is 0 Å². The molecule has 0 unspecified atom stereocenters. The number of pyridine rings is 1. The minimum Gasteiger partial charge on any atom is -0.493 e. The predicted octanol–water partition coefficient (Wildman–Crippen LogP) is 3.92. The molecule has 1 aromatic heterocycles. The first-order valence-electron chi connectivity index (χ1n) is 10.4. The van der Waals surface area contributed by atoms with Crippen LogP contribution in [0.2, 0.25) is 0 Å². The summed E-state index contributed by atoms with van der Waals surface area (Å²) >= 11 is 0. The molecule has 2 aliphatic heterocycles. The van der Waals surface area contributed by atoms with E-state index in [0.717, 1.165) is 30.5 Å². The van der Waals surface area contributed by atoms with Gasteiger partial charge in [0, 0.05) is 41.6 Å². The van der Waals surface area contributed by atoms with Gasteiger partial charge in [0.2, 0.25) is 11.8 Å². The van der Waals surface area contributed by atoms with Crippen LogP contribution in [0.25, 0.3) is 0 Å². The molecular formula is C23H25FN2O3. The van der Waals surface area contributed by atoms with Gasteiger partial charge in [-0.3, -0.25) is 4.79 Å². The largest absolute Gasteiger partial charge is 0.493 e. The quantitative estimate of drug-likeness (QED) is 0.786. The summed E-state index contributed by atoms with van der Waals surface area (Å²) in [5.74, 6) is 1.47. The Morgan fingerprint density at radius 3 is 2.93 bits per heavy atom. The summed E-state index contributed by atoms with van der Waals surface area (Å²) in [4.78, 5) is 19.6. The minimum absolute atomic E-state index is 0.0816. The third-order valence-electron chi connectivity index (χ3n) is 6.55. The van der Waals surface area contributed by atoms with E-state index in [4.69, 9.17) is 9.47 Å². The van der Waals surface area contributed by atoms with Crippen molar-refractivity contribution in [2.24, 2.45) is 17.8 Å². The van der Waals surface area contributed by atoms with E-state index in [-0.39, 0.29) is 35.5 Å². The first kappa shape index (κ1) is 18.4. The first-order chi connectivity index (χ1) is 14.1. The summed E-state index contributed by atoms with van der Waals surface area (Å²) in [5.41, 5.74) is 1.68. The lowest BCUT2D eigenvalue weighted by molar-refractivity contribution is -0.139. The number of carbonyl (C=O) groups excluding carboxylic acids is 1. The molecule has 0 spiro atoms. The molecule has 29 heavy (non-hydrogen) atoms. The number of ether oxygens (including phenoxy) is 2. The molecule has 1 aliphatic carbocycles. The molecule has 3 heterocycles. The van der Waals surface area contributed by atoms with Gasteiger partial charge in [0.25, 0.3) is 0 Å². The Labute approximate surface area is 169 Å². The van der Waals surface area contributed by atoms with Crippen LogP contribution in [0.1, 0.15) is 36.6 Å². The van der Waals surface area contributed by atoms with Gasteiger partial charge in [-0.05, 0) is 44.0 Å². The number of hydrogen-bond acceptors (Lipinski definition) is 4. The summed E-state index contributed by atoms with van der Waals surface area (Å²) in [7, 11) is 0. The van der Waals surface area contributed by atoms with Crippen LogP contribution in [0.4, 0.5) is 4.39 Å². The topological polar surface area (TPSA) is 51.7 Å². The van der Waals surface area contributed by atoms with E-state index in [2.05, 4.69) is 4.98 Å². The second-order valence-corrected chi connectivity index (χ2v) is 8.41. The smallest absolute Gasteiger partial charge is 0.226 e. The van der Waals surface area contributed by atoms with Gasteiger partial charge in [0.05, 0.1) is 19.3 Å². The summed E-state index contributed by atoms with van der Waals surface area (Å²) in [6.07, 6.45) is 3.01. The highest BCUT2D eigenvalue weighted by Crippen LogP contribution is 2.49. The number of rotatable bonds is 4. The average Bonchev–Trinajstić information content (AvgIpc) is 3.04. The number of benzene rings is 1. The van der Waals surface area contributed by atoms with E-state index in [1.807, 2.05) is 30.0 Å². The van der Waals surface area contributed by atoms with Crippen LogP contribution in [0, 0.1) is 30.5 Å². The van der Waals surface area contributed by atoms with E-state index in [0.29, 0.717) is 31.4 Å². The molecule has 5 rings (SSSR count). The minimum atomic E-state index is -0.298. The second kappa shape index (κ2) is 7.32. The van der Waals surface area contributed by atoms with Gasteiger partial charge in [0.1, 0.15) is 11.6 Å². The van der Waals surface area contributed by atoms with E-state index < -0.39 is 0 Å². The molecule has 0 radical (unpaired) electrons. The average molecular weight is 396 g/mol. The van der Waals surface area contributed by atoms with Crippen molar-refractivity contribution in [1.82, 2.24) is 9.88 Å². The molecule has 1 aromatic carbocycles. The maximum Gasteiger partial charge on any atom is 0.226 e. The summed E-state index contributed by atoms with van der Waals surface area (Å²) in [6, 6.07) is 10.2. The van der Waals surface area contributed by atoms with Crippen LogP contribution < -0.4 is 9.47 Å². The number of hydrogen-bond donors (Lipinski definition) is 0. The van der Waals surface area contributed by atoms with Gasteiger partial charge >= 0.3 is 0 Å². The van der Waals surface area contributed by atoms with Gasteiger partial charge in [0.15, 0.2) is 0 Å². The molecular weight excluding hydrogens is 371 g/mol. The lowest BCUT2D eigenvalue weighted by atomic mass is 9.83. The molecule has 6 heteroatoms. The van der Waals surface area contributed by atoms with Crippen molar-refractivity contribution in [2.75, 3.05) is 19.8 Å². The third-order valence-corrected chi connectivity index (χ3v) is 6.55. The van der Waals surface area contributed by atoms with E-state index >= 15 is 0 Å². The zero-order valence-electron chi connectivity index (χ0n) is 16.5. The molecule has 1 amide bonds. The second-order valence-electron chi connectivity index (χ2n) is 8.41.